The van der Waals surface area contributed by atoms with Gasteiger partial charge in [0.25, 0.3) is 5.78 Å². The number of halogens is 2. The monoisotopic (exact) mass is 322 g/mol. The Morgan fingerprint density at radius 3 is 2.67 bits per heavy atom. The van der Waals surface area contributed by atoms with Gasteiger partial charge in [0.1, 0.15) is 10.3 Å². The van der Waals surface area contributed by atoms with Crippen molar-refractivity contribution in [2.45, 2.75) is 13.8 Å². The minimum Gasteiger partial charge on any atom is -0.463 e. The van der Waals surface area contributed by atoms with Crippen LogP contribution in [0, 0.1) is 6.92 Å². The lowest BCUT2D eigenvalue weighted by Crippen LogP contribution is -1.98. The van der Waals surface area contributed by atoms with Crippen molar-refractivity contribution in [2.24, 2.45) is 0 Å². The predicted molar refractivity (Wildman–Crippen MR) is 82.1 cm³/mol. The van der Waals surface area contributed by atoms with E-state index in [4.69, 9.17) is 27.9 Å². The number of hydrogen-bond donors (Lipinski definition) is 0. The van der Waals surface area contributed by atoms with Gasteiger partial charge in [-0.2, -0.15) is 14.5 Å². The molecule has 0 fully saturated rings. The van der Waals surface area contributed by atoms with E-state index in [1.807, 2.05) is 38.1 Å². The summed E-state index contributed by atoms with van der Waals surface area (Å²) < 4.78 is 6.70. The third-order valence-corrected chi connectivity index (χ3v) is 3.68. The first-order valence-electron chi connectivity index (χ1n) is 6.42. The zero-order valence-corrected chi connectivity index (χ0v) is 13.0. The van der Waals surface area contributed by atoms with Crippen LogP contribution in [0.2, 0.25) is 10.3 Å². The van der Waals surface area contributed by atoms with Gasteiger partial charge in [0.15, 0.2) is 0 Å². The Labute approximate surface area is 131 Å². The number of aryl methyl sites for hydroxylation is 1. The molecule has 3 aromatic rings. The average Bonchev–Trinajstić information content (AvgIpc) is 2.84. The average molecular weight is 323 g/mol. The molecule has 3 rings (SSSR count). The van der Waals surface area contributed by atoms with E-state index >= 15 is 0 Å². The molecule has 0 spiro atoms. The van der Waals surface area contributed by atoms with Crippen LogP contribution in [0.1, 0.15) is 12.5 Å². The number of benzene rings is 1. The quantitative estimate of drug-likeness (QED) is 0.688. The smallest absolute Gasteiger partial charge is 0.337 e. The highest BCUT2D eigenvalue weighted by molar-refractivity contribution is 6.38. The molecule has 0 aliphatic carbocycles. The highest BCUT2D eigenvalue weighted by Gasteiger charge is 2.18. The number of nitrogens with zero attached hydrogens (tertiary/aromatic N) is 4. The van der Waals surface area contributed by atoms with Crippen molar-refractivity contribution in [1.29, 1.82) is 0 Å². The van der Waals surface area contributed by atoms with Gasteiger partial charge in [0.05, 0.1) is 12.2 Å². The third-order valence-electron chi connectivity index (χ3n) is 3.06. The normalized spacial score (nSPS) is 11.0. The first-order valence-corrected chi connectivity index (χ1v) is 7.18. The number of ether oxygens (including phenoxy) is 1. The fourth-order valence-electron chi connectivity index (χ4n) is 2.09. The van der Waals surface area contributed by atoms with Gasteiger partial charge in [-0.15, -0.1) is 5.10 Å². The highest BCUT2D eigenvalue weighted by atomic mass is 35.5. The van der Waals surface area contributed by atoms with Crippen molar-refractivity contribution in [3.8, 4) is 17.1 Å². The van der Waals surface area contributed by atoms with Crippen LogP contribution in [0.4, 0.5) is 0 Å². The Morgan fingerprint density at radius 1 is 1.19 bits per heavy atom. The zero-order valence-electron chi connectivity index (χ0n) is 11.5. The second-order valence-electron chi connectivity index (χ2n) is 4.42. The maximum absolute atomic E-state index is 6.45. The van der Waals surface area contributed by atoms with Crippen LogP contribution in [0.15, 0.2) is 24.3 Å². The van der Waals surface area contributed by atoms with Crippen molar-refractivity contribution in [1.82, 2.24) is 19.6 Å². The molecule has 2 heterocycles. The van der Waals surface area contributed by atoms with E-state index in [0.29, 0.717) is 23.1 Å². The van der Waals surface area contributed by atoms with Crippen LogP contribution in [-0.2, 0) is 0 Å². The summed E-state index contributed by atoms with van der Waals surface area (Å²) >= 11 is 12.7. The number of rotatable bonds is 3. The lowest BCUT2D eigenvalue weighted by Gasteiger charge is -2.09. The van der Waals surface area contributed by atoms with Crippen molar-refractivity contribution in [2.75, 3.05) is 6.61 Å². The lowest BCUT2D eigenvalue weighted by molar-refractivity contribution is 0.313. The summed E-state index contributed by atoms with van der Waals surface area (Å²) in [5, 5.41) is 4.84. The second kappa shape index (κ2) is 5.50. The summed E-state index contributed by atoms with van der Waals surface area (Å²) in [5.74, 6) is 0.311. The van der Waals surface area contributed by atoms with E-state index < -0.39 is 0 Å². The summed E-state index contributed by atoms with van der Waals surface area (Å²) in [6.07, 6.45) is 0. The van der Waals surface area contributed by atoms with Crippen LogP contribution < -0.4 is 4.74 Å². The van der Waals surface area contributed by atoms with Gasteiger partial charge >= 0.3 is 6.01 Å². The van der Waals surface area contributed by atoms with Gasteiger partial charge in [-0.1, -0.05) is 47.5 Å². The van der Waals surface area contributed by atoms with Gasteiger partial charge in [-0.05, 0) is 25.0 Å². The van der Waals surface area contributed by atoms with E-state index in [1.165, 1.54) is 4.52 Å². The molecule has 0 saturated carbocycles. The van der Waals surface area contributed by atoms with Crippen molar-refractivity contribution >= 4 is 29.0 Å². The molecule has 7 heteroatoms. The number of aromatic nitrogens is 4. The zero-order chi connectivity index (χ0) is 15.0. The maximum Gasteiger partial charge on any atom is 0.337 e. The molecule has 0 bridgehead atoms. The Morgan fingerprint density at radius 2 is 1.95 bits per heavy atom. The molecule has 1 aromatic carbocycles. The van der Waals surface area contributed by atoms with Crippen LogP contribution in [0.3, 0.4) is 0 Å². The minimum atomic E-state index is 0.227. The van der Waals surface area contributed by atoms with E-state index in [1.54, 1.807) is 0 Å². The molecule has 0 N–H and O–H groups in total. The maximum atomic E-state index is 6.45. The molecule has 2 aromatic heterocycles. The van der Waals surface area contributed by atoms with Crippen molar-refractivity contribution in [3.05, 3.63) is 40.1 Å². The van der Waals surface area contributed by atoms with Crippen LogP contribution >= 0.6 is 23.2 Å². The van der Waals surface area contributed by atoms with E-state index in [2.05, 4.69) is 15.1 Å². The van der Waals surface area contributed by atoms with Gasteiger partial charge in [-0.25, -0.2) is 0 Å². The molecule has 0 atom stereocenters. The molecule has 21 heavy (non-hydrogen) atoms. The molecular weight excluding hydrogens is 311 g/mol. The summed E-state index contributed by atoms with van der Waals surface area (Å²) in [5.41, 5.74) is 2.60. The summed E-state index contributed by atoms with van der Waals surface area (Å²) in [6, 6.07) is 8.03. The topological polar surface area (TPSA) is 52.3 Å². The number of fused-ring (bicyclic) bond motifs is 1. The molecule has 0 unspecified atom stereocenters. The molecule has 0 aliphatic heterocycles. The highest BCUT2D eigenvalue weighted by Crippen LogP contribution is 2.35. The second-order valence-corrected chi connectivity index (χ2v) is 5.14. The Bertz CT molecular complexity index is 816. The van der Waals surface area contributed by atoms with E-state index in [-0.39, 0.29) is 11.2 Å². The van der Waals surface area contributed by atoms with E-state index in [0.717, 1.165) is 11.1 Å². The molecule has 108 valence electrons. The number of hydrogen-bond acceptors (Lipinski definition) is 4. The first kappa shape index (κ1) is 14.1. The standard InChI is InChI=1S/C14H12Cl2N4O/c1-3-21-14-18-13-17-11(15)10(12(16)20(13)19-14)9-7-5-4-6-8(9)2/h4-7H,3H2,1-2H3. The van der Waals surface area contributed by atoms with Gasteiger partial charge in [0, 0.05) is 0 Å². The molecule has 0 saturated heterocycles. The van der Waals surface area contributed by atoms with Crippen LogP contribution in [0.25, 0.3) is 16.9 Å². The summed E-state index contributed by atoms with van der Waals surface area (Å²) in [4.78, 5) is 8.38. The Hall–Kier alpha value is -1.85. The third kappa shape index (κ3) is 2.43. The van der Waals surface area contributed by atoms with Gasteiger partial charge < -0.3 is 4.74 Å². The SMILES string of the molecule is CCOc1nc2nc(Cl)c(-c3ccccc3C)c(Cl)n2n1. The summed E-state index contributed by atoms with van der Waals surface area (Å²) in [7, 11) is 0. The largest absolute Gasteiger partial charge is 0.463 e. The molecule has 0 amide bonds. The van der Waals surface area contributed by atoms with Crippen molar-refractivity contribution < 1.29 is 4.74 Å². The molecule has 5 nitrogen and oxygen atoms in total. The fraction of sp³-hybridized carbons (Fsp3) is 0.214. The lowest BCUT2D eigenvalue weighted by atomic mass is 10.0. The molecule has 0 radical (unpaired) electrons. The van der Waals surface area contributed by atoms with Gasteiger partial charge in [0.2, 0.25) is 0 Å². The van der Waals surface area contributed by atoms with E-state index in [9.17, 15) is 0 Å². The Kier molecular flexibility index (Phi) is 3.69. The van der Waals surface area contributed by atoms with Gasteiger partial charge in [-0.3, -0.25) is 0 Å². The minimum absolute atomic E-state index is 0.227. The predicted octanol–water partition coefficient (Wildman–Crippen LogP) is 3.81. The molecular formula is C14H12Cl2N4O. The first-order chi connectivity index (χ1) is 10.1. The van der Waals surface area contributed by atoms with Crippen molar-refractivity contribution in [3.63, 3.8) is 0 Å². The van der Waals surface area contributed by atoms with Crippen LogP contribution in [-0.4, -0.2) is 26.2 Å². The molecule has 0 aliphatic rings. The fourth-order valence-corrected chi connectivity index (χ4v) is 2.71. The summed E-state index contributed by atoms with van der Waals surface area (Å²) in [6.45, 7) is 4.30. The van der Waals surface area contributed by atoms with Crippen LogP contribution in [0.5, 0.6) is 6.01 Å². The Balaban J connectivity index is 2.26.